The summed E-state index contributed by atoms with van der Waals surface area (Å²) >= 11 is 0. The molecule has 3 amide bonds. The summed E-state index contributed by atoms with van der Waals surface area (Å²) in [6.45, 7) is 3.90. The summed E-state index contributed by atoms with van der Waals surface area (Å²) in [6.07, 6.45) is 2.64. The number of carbonyl (C=O) groups excluding carboxylic acids is 3. The van der Waals surface area contributed by atoms with E-state index in [1.165, 1.54) is 21.9 Å². The molecule has 0 saturated carbocycles. The van der Waals surface area contributed by atoms with Crippen molar-refractivity contribution < 1.29 is 19.1 Å². The molecule has 1 spiro atoms. The Morgan fingerprint density at radius 1 is 0.973 bits per heavy atom. The van der Waals surface area contributed by atoms with Crippen LogP contribution in [0.5, 0.6) is 5.75 Å². The number of hydrogen-bond acceptors (Lipinski definition) is 5. The molecule has 0 aliphatic carbocycles. The first-order valence-corrected chi connectivity index (χ1v) is 13.2. The van der Waals surface area contributed by atoms with Crippen molar-refractivity contribution in [2.45, 2.75) is 50.2 Å². The number of ether oxygens (including phenoxy) is 1. The van der Waals surface area contributed by atoms with Crippen LogP contribution >= 0.6 is 0 Å². The van der Waals surface area contributed by atoms with E-state index in [0.29, 0.717) is 25.1 Å². The number of rotatable bonds is 3. The van der Waals surface area contributed by atoms with Gasteiger partial charge in [-0.3, -0.25) is 24.6 Å². The molecule has 0 radical (unpaired) electrons. The van der Waals surface area contributed by atoms with E-state index in [1.54, 1.807) is 4.90 Å². The molecule has 7 heteroatoms. The number of hydrogen-bond donors (Lipinski definition) is 1. The van der Waals surface area contributed by atoms with Crippen LogP contribution in [0.1, 0.15) is 52.7 Å². The molecule has 2 saturated heterocycles. The van der Waals surface area contributed by atoms with Gasteiger partial charge >= 0.3 is 0 Å². The molecule has 3 aromatic rings. The lowest BCUT2D eigenvalue weighted by atomic mass is 9.74. The smallest absolute Gasteiger partial charge is 0.255 e. The summed E-state index contributed by atoms with van der Waals surface area (Å²) in [7, 11) is 0. The number of nitrogens with one attached hydrogen (secondary N) is 1. The molecule has 4 heterocycles. The van der Waals surface area contributed by atoms with E-state index in [2.05, 4.69) is 58.7 Å². The van der Waals surface area contributed by atoms with Gasteiger partial charge in [-0.1, -0.05) is 48.5 Å². The average molecular weight is 496 g/mol. The molecular formula is C30H29N3O4. The molecular weight excluding hydrogens is 466 g/mol. The van der Waals surface area contributed by atoms with Crippen LogP contribution in [0.4, 0.5) is 0 Å². The minimum atomic E-state index is -0.610. The number of carbonyl (C=O) groups is 3. The molecule has 7 nitrogen and oxygen atoms in total. The molecule has 4 aliphatic heterocycles. The number of piperidine rings is 2. The summed E-state index contributed by atoms with van der Waals surface area (Å²) in [5.74, 6) is 0.0262. The van der Waals surface area contributed by atoms with Gasteiger partial charge in [-0.2, -0.15) is 0 Å². The zero-order valence-electron chi connectivity index (χ0n) is 20.7. The summed E-state index contributed by atoms with van der Waals surface area (Å²) in [5, 5.41) is 4.98. The second-order valence-electron chi connectivity index (χ2n) is 10.9. The molecule has 1 atom stereocenters. The Kier molecular flexibility index (Phi) is 5.11. The van der Waals surface area contributed by atoms with Crippen molar-refractivity contribution in [3.63, 3.8) is 0 Å². The maximum Gasteiger partial charge on any atom is 0.255 e. The van der Waals surface area contributed by atoms with Gasteiger partial charge in [0.2, 0.25) is 11.8 Å². The van der Waals surface area contributed by atoms with Crippen molar-refractivity contribution in [1.29, 1.82) is 0 Å². The van der Waals surface area contributed by atoms with Crippen LogP contribution < -0.4 is 10.1 Å². The third-order valence-corrected chi connectivity index (χ3v) is 8.82. The summed E-state index contributed by atoms with van der Waals surface area (Å²) < 4.78 is 6.32. The van der Waals surface area contributed by atoms with Crippen molar-refractivity contribution in [1.82, 2.24) is 15.1 Å². The van der Waals surface area contributed by atoms with Crippen LogP contribution in [0.25, 0.3) is 10.8 Å². The summed E-state index contributed by atoms with van der Waals surface area (Å²) in [4.78, 5) is 41.4. The number of imide groups is 1. The molecule has 3 aromatic carbocycles. The van der Waals surface area contributed by atoms with Crippen molar-refractivity contribution in [2.24, 2.45) is 0 Å². The fourth-order valence-corrected chi connectivity index (χ4v) is 6.71. The van der Waals surface area contributed by atoms with E-state index < -0.39 is 6.04 Å². The predicted octanol–water partition coefficient (Wildman–Crippen LogP) is 3.53. The van der Waals surface area contributed by atoms with Crippen molar-refractivity contribution in [3.8, 4) is 5.75 Å². The topological polar surface area (TPSA) is 79.0 Å². The predicted molar refractivity (Wildman–Crippen MR) is 138 cm³/mol. The van der Waals surface area contributed by atoms with Crippen molar-refractivity contribution in [2.75, 3.05) is 19.7 Å². The molecule has 4 aliphatic rings. The Balaban J connectivity index is 1.09. The number of fused-ring (bicyclic) bond motifs is 5. The first-order valence-electron chi connectivity index (χ1n) is 13.2. The molecule has 37 heavy (non-hydrogen) atoms. The van der Waals surface area contributed by atoms with Gasteiger partial charge in [0, 0.05) is 35.1 Å². The third kappa shape index (κ3) is 3.55. The van der Waals surface area contributed by atoms with Crippen LogP contribution in [-0.2, 0) is 28.1 Å². The molecule has 1 unspecified atom stereocenters. The Hall–Kier alpha value is -3.71. The molecule has 0 bridgehead atoms. The standard InChI is InChI=1S/C30H29N3O4/c34-26-11-10-25(28(35)31-26)33-17-23-22(29(33)36)8-9-24-27(23)37-18-30(24)12-14-32(15-13-30)16-20-6-3-5-19-4-1-2-7-21(19)20/h1-9,25H,10-18H2,(H,31,34,35). The van der Waals surface area contributed by atoms with Gasteiger partial charge in [-0.25, -0.2) is 0 Å². The minimum absolute atomic E-state index is 0.0370. The van der Waals surface area contributed by atoms with Crippen molar-refractivity contribution in [3.05, 3.63) is 76.9 Å². The molecule has 0 aromatic heterocycles. The highest BCUT2D eigenvalue weighted by Crippen LogP contribution is 2.49. The van der Waals surface area contributed by atoms with E-state index in [9.17, 15) is 14.4 Å². The van der Waals surface area contributed by atoms with Gasteiger partial charge in [0.15, 0.2) is 0 Å². The highest BCUT2D eigenvalue weighted by Gasteiger charge is 2.47. The van der Waals surface area contributed by atoms with Gasteiger partial charge < -0.3 is 9.64 Å². The van der Waals surface area contributed by atoms with Crippen LogP contribution in [0.3, 0.4) is 0 Å². The Morgan fingerprint density at radius 2 is 1.78 bits per heavy atom. The van der Waals surface area contributed by atoms with E-state index in [4.69, 9.17) is 4.74 Å². The van der Waals surface area contributed by atoms with Gasteiger partial charge in [0.05, 0.1) is 13.2 Å². The van der Waals surface area contributed by atoms with E-state index in [1.807, 2.05) is 6.07 Å². The van der Waals surface area contributed by atoms with Crippen LogP contribution in [0.2, 0.25) is 0 Å². The van der Waals surface area contributed by atoms with Crippen LogP contribution in [-0.4, -0.2) is 53.3 Å². The van der Waals surface area contributed by atoms with Crippen molar-refractivity contribution >= 4 is 28.5 Å². The average Bonchev–Trinajstić information content (AvgIpc) is 3.44. The SMILES string of the molecule is O=C1CCC(N2Cc3c(ccc4c3OCC43CCN(Cc4cccc5ccccc45)CC3)C2=O)C(=O)N1. The largest absolute Gasteiger partial charge is 0.492 e. The highest BCUT2D eigenvalue weighted by atomic mass is 16.5. The fraction of sp³-hybridized carbons (Fsp3) is 0.367. The third-order valence-electron chi connectivity index (χ3n) is 8.82. The summed E-state index contributed by atoms with van der Waals surface area (Å²) in [6, 6.07) is 18.5. The monoisotopic (exact) mass is 495 g/mol. The lowest BCUT2D eigenvalue weighted by Crippen LogP contribution is -2.52. The van der Waals surface area contributed by atoms with Crippen LogP contribution in [0.15, 0.2) is 54.6 Å². The maximum absolute atomic E-state index is 13.2. The maximum atomic E-state index is 13.2. The molecule has 188 valence electrons. The van der Waals surface area contributed by atoms with E-state index in [-0.39, 0.29) is 29.6 Å². The van der Waals surface area contributed by atoms with Gasteiger partial charge in [0.25, 0.3) is 5.91 Å². The van der Waals surface area contributed by atoms with Crippen LogP contribution in [0, 0.1) is 0 Å². The fourth-order valence-electron chi connectivity index (χ4n) is 6.71. The molecule has 1 N–H and O–H groups in total. The second kappa shape index (κ2) is 8.42. The van der Waals surface area contributed by atoms with Gasteiger partial charge in [-0.15, -0.1) is 0 Å². The first-order chi connectivity index (χ1) is 18.0. The Bertz CT molecular complexity index is 1450. The number of likely N-dealkylation sites (tertiary alicyclic amines) is 1. The summed E-state index contributed by atoms with van der Waals surface area (Å²) in [5.41, 5.74) is 4.04. The normalized spacial score (nSPS) is 22.8. The highest BCUT2D eigenvalue weighted by molar-refractivity contribution is 6.05. The first kappa shape index (κ1) is 22.5. The number of nitrogens with zero attached hydrogens (tertiary/aromatic N) is 2. The number of benzene rings is 3. The Morgan fingerprint density at radius 3 is 2.62 bits per heavy atom. The minimum Gasteiger partial charge on any atom is -0.492 e. The molecule has 2 fully saturated rings. The zero-order chi connectivity index (χ0) is 25.1. The lowest BCUT2D eigenvalue weighted by Gasteiger charge is -2.38. The quantitative estimate of drug-likeness (QED) is 0.563. The molecule has 7 rings (SSSR count). The number of amides is 3. The van der Waals surface area contributed by atoms with Gasteiger partial charge in [-0.05, 0) is 54.8 Å². The lowest BCUT2D eigenvalue weighted by molar-refractivity contribution is -0.136. The van der Waals surface area contributed by atoms with E-state index in [0.717, 1.165) is 43.8 Å². The van der Waals surface area contributed by atoms with Gasteiger partial charge in [0.1, 0.15) is 11.8 Å². The van der Waals surface area contributed by atoms with E-state index >= 15 is 0 Å². The Labute approximate surface area is 215 Å². The zero-order valence-corrected chi connectivity index (χ0v) is 20.7. The second-order valence-corrected chi connectivity index (χ2v) is 10.9.